The smallest absolute Gasteiger partial charge is 0.232 e. The van der Waals surface area contributed by atoms with Crippen molar-refractivity contribution in [2.75, 3.05) is 12.8 Å². The number of amides is 1. The first-order valence-corrected chi connectivity index (χ1v) is 10.3. The highest BCUT2D eigenvalue weighted by Crippen LogP contribution is 2.29. The Kier molecular flexibility index (Phi) is 5.76. The van der Waals surface area contributed by atoms with Crippen molar-refractivity contribution in [1.82, 2.24) is 9.88 Å². The summed E-state index contributed by atoms with van der Waals surface area (Å²) in [4.78, 5) is 19.0. The second kappa shape index (κ2) is 8.02. The minimum Gasteiger partial charge on any atom is -0.336 e. The summed E-state index contributed by atoms with van der Waals surface area (Å²) in [7, 11) is 1.87. The summed E-state index contributed by atoms with van der Waals surface area (Å²) in [6, 6.07) is 16.4. The Bertz CT molecular complexity index is 842. The molecule has 1 heterocycles. The fourth-order valence-corrected chi connectivity index (χ4v) is 4.66. The number of aromatic nitrogens is 1. The van der Waals surface area contributed by atoms with Gasteiger partial charge < -0.3 is 4.90 Å². The van der Waals surface area contributed by atoms with Crippen LogP contribution in [0.4, 0.5) is 0 Å². The molecule has 5 heteroatoms. The Morgan fingerprint density at radius 3 is 2.68 bits per heavy atom. The van der Waals surface area contributed by atoms with E-state index in [1.165, 1.54) is 15.8 Å². The van der Waals surface area contributed by atoms with Gasteiger partial charge in [-0.15, -0.1) is 23.1 Å². The number of benzene rings is 2. The molecule has 0 saturated heterocycles. The maximum atomic E-state index is 12.5. The van der Waals surface area contributed by atoms with Gasteiger partial charge in [0.15, 0.2) is 0 Å². The molecule has 0 unspecified atom stereocenters. The van der Waals surface area contributed by atoms with E-state index < -0.39 is 0 Å². The highest BCUT2D eigenvalue weighted by molar-refractivity contribution is 7.99. The van der Waals surface area contributed by atoms with Gasteiger partial charge in [0.1, 0.15) is 5.01 Å². The van der Waals surface area contributed by atoms with Gasteiger partial charge in [0.2, 0.25) is 5.91 Å². The average molecular weight is 371 g/mol. The fourth-order valence-electron chi connectivity index (χ4n) is 2.57. The van der Waals surface area contributed by atoms with Crippen molar-refractivity contribution in [3.8, 4) is 0 Å². The number of thiazole rings is 1. The molecule has 0 aliphatic carbocycles. The molecule has 3 aromatic rings. The number of para-hydroxylation sites is 1. The molecule has 1 aromatic heterocycles. The Labute approximate surface area is 157 Å². The van der Waals surface area contributed by atoms with Gasteiger partial charge in [-0.2, -0.15) is 0 Å². The first-order chi connectivity index (χ1) is 12.1. The summed E-state index contributed by atoms with van der Waals surface area (Å²) in [5.74, 6) is 1.49. The van der Waals surface area contributed by atoms with Gasteiger partial charge in [0.05, 0.1) is 22.0 Å². The van der Waals surface area contributed by atoms with Crippen LogP contribution in [0.15, 0.2) is 48.5 Å². The molecule has 130 valence electrons. The molecular formula is C20H22N2OS2. The summed E-state index contributed by atoms with van der Waals surface area (Å²) in [6.07, 6.45) is 0. The minimum atomic E-state index is -0.0102. The van der Waals surface area contributed by atoms with Crippen LogP contribution in [0.1, 0.15) is 29.1 Å². The first-order valence-electron chi connectivity index (χ1n) is 8.29. The van der Waals surface area contributed by atoms with Crippen molar-refractivity contribution in [3.05, 3.63) is 64.7 Å². The number of nitrogens with zero attached hydrogens (tertiary/aromatic N) is 2. The molecule has 3 nitrogen and oxygen atoms in total. The lowest BCUT2D eigenvalue weighted by molar-refractivity contribution is -0.128. The van der Waals surface area contributed by atoms with Crippen molar-refractivity contribution in [2.45, 2.75) is 25.6 Å². The van der Waals surface area contributed by atoms with Crippen molar-refractivity contribution in [1.29, 1.82) is 0 Å². The van der Waals surface area contributed by atoms with E-state index >= 15 is 0 Å². The normalized spacial score (nSPS) is 12.3. The third kappa shape index (κ3) is 4.22. The third-order valence-corrected chi connectivity index (χ3v) is 6.56. The molecule has 1 atom stereocenters. The number of fused-ring (bicyclic) bond motifs is 1. The zero-order chi connectivity index (χ0) is 17.8. The second-order valence-corrected chi connectivity index (χ2v) is 8.17. The van der Waals surface area contributed by atoms with E-state index in [0.717, 1.165) is 16.3 Å². The third-order valence-electron chi connectivity index (χ3n) is 4.39. The standard InChI is InChI=1S/C20H22N2OS2/c1-14-8-4-5-9-16(14)12-24-13-19(23)22(3)15(2)20-21-17-10-6-7-11-18(17)25-20/h4-11,15H,12-13H2,1-3H3/t15-/m1/s1. The second-order valence-electron chi connectivity index (χ2n) is 6.12. The van der Waals surface area contributed by atoms with Gasteiger partial charge >= 0.3 is 0 Å². The molecule has 0 aliphatic heterocycles. The van der Waals surface area contributed by atoms with Crippen LogP contribution in [0.5, 0.6) is 0 Å². The molecule has 2 aromatic carbocycles. The summed E-state index contributed by atoms with van der Waals surface area (Å²) < 4.78 is 1.17. The van der Waals surface area contributed by atoms with E-state index in [1.807, 2.05) is 49.2 Å². The molecule has 0 fully saturated rings. The molecular weight excluding hydrogens is 348 g/mol. The topological polar surface area (TPSA) is 33.2 Å². The summed E-state index contributed by atoms with van der Waals surface area (Å²) >= 11 is 3.33. The number of aryl methyl sites for hydroxylation is 1. The van der Waals surface area contributed by atoms with Crippen LogP contribution in [0.2, 0.25) is 0 Å². The van der Waals surface area contributed by atoms with Gasteiger partial charge in [-0.3, -0.25) is 4.79 Å². The van der Waals surface area contributed by atoms with Crippen LogP contribution in [0.3, 0.4) is 0 Å². The predicted molar refractivity (Wildman–Crippen MR) is 108 cm³/mol. The molecule has 25 heavy (non-hydrogen) atoms. The van der Waals surface area contributed by atoms with Crippen LogP contribution in [-0.4, -0.2) is 28.6 Å². The maximum absolute atomic E-state index is 12.5. The monoisotopic (exact) mass is 370 g/mol. The molecule has 1 amide bonds. The van der Waals surface area contributed by atoms with Gasteiger partial charge in [0.25, 0.3) is 0 Å². The van der Waals surface area contributed by atoms with E-state index in [9.17, 15) is 4.79 Å². The average Bonchev–Trinajstić information content (AvgIpc) is 3.06. The quantitative estimate of drug-likeness (QED) is 0.608. The lowest BCUT2D eigenvalue weighted by Crippen LogP contribution is -2.31. The predicted octanol–water partition coefficient (Wildman–Crippen LogP) is 5.06. The molecule has 0 bridgehead atoms. The molecule has 0 saturated carbocycles. The van der Waals surface area contributed by atoms with Gasteiger partial charge in [-0.25, -0.2) is 4.98 Å². The zero-order valence-electron chi connectivity index (χ0n) is 14.7. The van der Waals surface area contributed by atoms with E-state index in [0.29, 0.717) is 5.75 Å². The largest absolute Gasteiger partial charge is 0.336 e. The summed E-state index contributed by atoms with van der Waals surface area (Å²) in [5.41, 5.74) is 3.57. The number of hydrogen-bond acceptors (Lipinski definition) is 4. The van der Waals surface area contributed by atoms with Crippen molar-refractivity contribution in [3.63, 3.8) is 0 Å². The molecule has 0 aliphatic rings. The van der Waals surface area contributed by atoms with E-state index in [-0.39, 0.29) is 11.9 Å². The zero-order valence-corrected chi connectivity index (χ0v) is 16.4. The van der Waals surface area contributed by atoms with Crippen molar-refractivity contribution < 1.29 is 4.79 Å². The number of carbonyl (C=O) groups excluding carboxylic acids is 1. The molecule has 0 N–H and O–H groups in total. The number of hydrogen-bond donors (Lipinski definition) is 0. The highest BCUT2D eigenvalue weighted by Gasteiger charge is 2.20. The van der Waals surface area contributed by atoms with Crippen LogP contribution < -0.4 is 0 Å². The van der Waals surface area contributed by atoms with Gasteiger partial charge in [0, 0.05) is 12.8 Å². The Hall–Kier alpha value is -1.85. The minimum absolute atomic E-state index is 0.0102. The molecule has 0 radical (unpaired) electrons. The van der Waals surface area contributed by atoms with Crippen LogP contribution >= 0.6 is 23.1 Å². The van der Waals surface area contributed by atoms with Gasteiger partial charge in [-0.05, 0) is 37.1 Å². The lowest BCUT2D eigenvalue weighted by Gasteiger charge is -2.23. The number of rotatable bonds is 6. The van der Waals surface area contributed by atoms with E-state index in [2.05, 4.69) is 30.1 Å². The van der Waals surface area contributed by atoms with Crippen LogP contribution in [0, 0.1) is 6.92 Å². The Morgan fingerprint density at radius 1 is 1.20 bits per heavy atom. The summed E-state index contributed by atoms with van der Waals surface area (Å²) in [6.45, 7) is 4.15. The molecule has 3 rings (SSSR count). The van der Waals surface area contributed by atoms with E-state index in [1.54, 1.807) is 23.1 Å². The van der Waals surface area contributed by atoms with E-state index in [4.69, 9.17) is 0 Å². The Morgan fingerprint density at radius 2 is 1.92 bits per heavy atom. The SMILES string of the molecule is Cc1ccccc1CSCC(=O)N(C)[C@H](C)c1nc2ccccc2s1. The Balaban J connectivity index is 1.58. The fraction of sp³-hybridized carbons (Fsp3) is 0.300. The number of thioether (sulfide) groups is 1. The van der Waals surface area contributed by atoms with Gasteiger partial charge in [-0.1, -0.05) is 36.4 Å². The van der Waals surface area contributed by atoms with Crippen molar-refractivity contribution >= 4 is 39.2 Å². The molecule has 0 spiro atoms. The van der Waals surface area contributed by atoms with Crippen molar-refractivity contribution in [2.24, 2.45) is 0 Å². The maximum Gasteiger partial charge on any atom is 0.232 e. The highest BCUT2D eigenvalue weighted by atomic mass is 32.2. The first kappa shape index (κ1) is 18.0. The lowest BCUT2D eigenvalue weighted by atomic mass is 10.1. The van der Waals surface area contributed by atoms with Crippen LogP contribution in [-0.2, 0) is 10.5 Å². The van der Waals surface area contributed by atoms with Crippen LogP contribution in [0.25, 0.3) is 10.2 Å². The summed E-state index contributed by atoms with van der Waals surface area (Å²) in [5, 5.41) is 0.987. The number of carbonyl (C=O) groups is 1.